The zero-order valence-electron chi connectivity index (χ0n) is 15.6. The largest absolute Gasteiger partial charge is 0.365 e. The number of nitrogens with zero attached hydrogens (tertiary/aromatic N) is 1. The molecule has 0 aromatic carbocycles. The molecule has 2 heterocycles. The molecule has 0 radical (unpaired) electrons. The molecule has 6 heteroatoms. The number of likely N-dealkylation sites (tertiary alicyclic amines) is 1. The molecule has 142 valence electrons. The standard InChI is InChI=1S/C20H29N3O2S/c1-12(23-10-9-13-5-2-3-6-14(13)11-23)19(25)22-20-17(18(21)24)15-7-4-8-16(15)26-20/h12-14H,2-11H2,1H3,(H2,21,24)(H,22,25)/t12-,13+,14+/m1/s1. The highest BCUT2D eigenvalue weighted by molar-refractivity contribution is 7.17. The summed E-state index contributed by atoms with van der Waals surface area (Å²) in [7, 11) is 0. The van der Waals surface area contributed by atoms with E-state index in [9.17, 15) is 9.59 Å². The average molecular weight is 376 g/mol. The van der Waals surface area contributed by atoms with Crippen molar-refractivity contribution < 1.29 is 9.59 Å². The molecule has 0 unspecified atom stereocenters. The van der Waals surface area contributed by atoms with Crippen molar-refractivity contribution in [2.45, 2.75) is 64.3 Å². The lowest BCUT2D eigenvalue weighted by atomic mass is 9.75. The van der Waals surface area contributed by atoms with Gasteiger partial charge in [-0.3, -0.25) is 14.5 Å². The van der Waals surface area contributed by atoms with E-state index in [0.29, 0.717) is 10.6 Å². The van der Waals surface area contributed by atoms with Crippen molar-refractivity contribution in [1.29, 1.82) is 0 Å². The summed E-state index contributed by atoms with van der Waals surface area (Å²) in [6.45, 7) is 4.02. The van der Waals surface area contributed by atoms with Crippen LogP contribution in [0.25, 0.3) is 0 Å². The van der Waals surface area contributed by atoms with Crippen LogP contribution in [0.3, 0.4) is 0 Å². The lowest BCUT2D eigenvalue weighted by Gasteiger charge is -2.43. The van der Waals surface area contributed by atoms with Crippen LogP contribution >= 0.6 is 11.3 Å². The van der Waals surface area contributed by atoms with Crippen LogP contribution in [0.4, 0.5) is 5.00 Å². The molecule has 3 aliphatic rings. The number of piperidine rings is 1. The van der Waals surface area contributed by atoms with Crippen LogP contribution in [0.1, 0.15) is 66.2 Å². The minimum absolute atomic E-state index is 0.0123. The van der Waals surface area contributed by atoms with E-state index in [1.165, 1.54) is 48.3 Å². The average Bonchev–Trinajstić information content (AvgIpc) is 3.20. The van der Waals surface area contributed by atoms with E-state index in [1.807, 2.05) is 6.92 Å². The van der Waals surface area contributed by atoms with Crippen molar-refractivity contribution in [2.75, 3.05) is 18.4 Å². The van der Waals surface area contributed by atoms with Crippen molar-refractivity contribution in [3.63, 3.8) is 0 Å². The maximum absolute atomic E-state index is 12.9. The lowest BCUT2D eigenvalue weighted by Crippen LogP contribution is -2.50. The van der Waals surface area contributed by atoms with Crippen LogP contribution in [0.5, 0.6) is 0 Å². The van der Waals surface area contributed by atoms with Crippen LogP contribution in [0.2, 0.25) is 0 Å². The zero-order chi connectivity index (χ0) is 18.3. The molecule has 1 aliphatic heterocycles. The zero-order valence-corrected chi connectivity index (χ0v) is 16.4. The van der Waals surface area contributed by atoms with Gasteiger partial charge in [-0.05, 0) is 63.0 Å². The van der Waals surface area contributed by atoms with E-state index < -0.39 is 5.91 Å². The van der Waals surface area contributed by atoms with E-state index in [1.54, 1.807) is 0 Å². The monoisotopic (exact) mass is 375 g/mol. The number of nitrogens with one attached hydrogen (secondary N) is 1. The summed E-state index contributed by atoms with van der Waals surface area (Å²) in [6.07, 6.45) is 9.53. The normalized spacial score (nSPS) is 26.8. The number of fused-ring (bicyclic) bond motifs is 2. The molecule has 3 N–H and O–H groups in total. The summed E-state index contributed by atoms with van der Waals surface area (Å²) in [4.78, 5) is 28.3. The Morgan fingerprint density at radius 3 is 2.69 bits per heavy atom. The van der Waals surface area contributed by atoms with Gasteiger partial charge in [0, 0.05) is 11.4 Å². The summed E-state index contributed by atoms with van der Waals surface area (Å²) in [5.41, 5.74) is 7.22. The Bertz CT molecular complexity index is 714. The molecule has 2 fully saturated rings. The number of amides is 2. The fourth-order valence-electron chi connectivity index (χ4n) is 5.12. The van der Waals surface area contributed by atoms with Crippen LogP contribution in [-0.4, -0.2) is 35.8 Å². The molecular formula is C20H29N3O2S. The Hall–Kier alpha value is -1.40. The smallest absolute Gasteiger partial charge is 0.251 e. The SMILES string of the molecule is C[C@H](C(=O)Nc1sc2c(c1C(N)=O)CCC2)N1CC[C@@H]2CCCC[C@H]2C1. The molecule has 1 aromatic heterocycles. The van der Waals surface area contributed by atoms with Crippen molar-refractivity contribution in [3.8, 4) is 0 Å². The minimum Gasteiger partial charge on any atom is -0.365 e. The third-order valence-electron chi connectivity index (χ3n) is 6.65. The van der Waals surface area contributed by atoms with Crippen LogP contribution < -0.4 is 11.1 Å². The molecule has 26 heavy (non-hydrogen) atoms. The van der Waals surface area contributed by atoms with Gasteiger partial charge in [-0.15, -0.1) is 11.3 Å². The Balaban J connectivity index is 1.44. The van der Waals surface area contributed by atoms with Gasteiger partial charge in [0.05, 0.1) is 11.6 Å². The predicted molar refractivity (Wildman–Crippen MR) is 105 cm³/mol. The van der Waals surface area contributed by atoms with Crippen LogP contribution in [-0.2, 0) is 17.6 Å². The van der Waals surface area contributed by atoms with E-state index in [4.69, 9.17) is 5.73 Å². The first-order valence-corrected chi connectivity index (χ1v) is 10.9. The summed E-state index contributed by atoms with van der Waals surface area (Å²) < 4.78 is 0. The topological polar surface area (TPSA) is 75.4 Å². The molecule has 0 spiro atoms. The number of carbonyl (C=O) groups is 2. The number of aryl methyl sites for hydroxylation is 1. The highest BCUT2D eigenvalue weighted by Crippen LogP contribution is 2.39. The molecule has 1 saturated carbocycles. The molecule has 2 aliphatic carbocycles. The number of thiophene rings is 1. The second kappa shape index (κ2) is 7.31. The summed E-state index contributed by atoms with van der Waals surface area (Å²) in [5.74, 6) is 1.17. The first-order valence-electron chi connectivity index (χ1n) is 10.0. The number of carbonyl (C=O) groups excluding carboxylic acids is 2. The maximum Gasteiger partial charge on any atom is 0.251 e. The summed E-state index contributed by atoms with van der Waals surface area (Å²) >= 11 is 1.54. The van der Waals surface area contributed by atoms with E-state index >= 15 is 0 Å². The van der Waals surface area contributed by atoms with Gasteiger partial charge in [-0.1, -0.05) is 19.3 Å². The minimum atomic E-state index is -0.421. The van der Waals surface area contributed by atoms with Gasteiger partial charge < -0.3 is 11.1 Å². The van der Waals surface area contributed by atoms with Crippen molar-refractivity contribution >= 4 is 28.2 Å². The first-order chi connectivity index (χ1) is 12.5. The summed E-state index contributed by atoms with van der Waals surface area (Å²) in [5, 5.41) is 3.69. The van der Waals surface area contributed by atoms with Gasteiger partial charge in [0.15, 0.2) is 0 Å². The molecular weight excluding hydrogens is 346 g/mol. The molecule has 1 aromatic rings. The van der Waals surface area contributed by atoms with E-state index in [2.05, 4.69) is 10.2 Å². The number of anilines is 1. The number of primary amides is 1. The van der Waals surface area contributed by atoms with Gasteiger partial charge in [0.25, 0.3) is 5.91 Å². The third-order valence-corrected chi connectivity index (χ3v) is 7.86. The molecule has 1 saturated heterocycles. The van der Waals surface area contributed by atoms with Crippen molar-refractivity contribution in [3.05, 3.63) is 16.0 Å². The van der Waals surface area contributed by atoms with Gasteiger partial charge in [0.2, 0.25) is 5.91 Å². The Labute approximate surface area is 159 Å². The van der Waals surface area contributed by atoms with Gasteiger partial charge in [-0.2, -0.15) is 0 Å². The lowest BCUT2D eigenvalue weighted by molar-refractivity contribution is -0.121. The molecule has 5 nitrogen and oxygen atoms in total. The number of nitrogens with two attached hydrogens (primary N) is 1. The highest BCUT2D eigenvalue weighted by atomic mass is 32.1. The van der Waals surface area contributed by atoms with Crippen molar-refractivity contribution in [1.82, 2.24) is 4.90 Å². The fraction of sp³-hybridized carbons (Fsp3) is 0.700. The van der Waals surface area contributed by atoms with Crippen molar-refractivity contribution in [2.24, 2.45) is 17.6 Å². The predicted octanol–water partition coefficient (Wildman–Crippen LogP) is 3.17. The first kappa shape index (κ1) is 18.0. The number of rotatable bonds is 4. The molecule has 4 rings (SSSR count). The fourth-order valence-corrected chi connectivity index (χ4v) is 6.41. The quantitative estimate of drug-likeness (QED) is 0.849. The molecule has 2 amide bonds. The Morgan fingerprint density at radius 1 is 1.15 bits per heavy atom. The molecule has 0 bridgehead atoms. The molecule has 3 atom stereocenters. The third kappa shape index (κ3) is 3.29. The Kier molecular flexibility index (Phi) is 5.06. The maximum atomic E-state index is 12.9. The van der Waals surface area contributed by atoms with E-state index in [0.717, 1.165) is 49.8 Å². The highest BCUT2D eigenvalue weighted by Gasteiger charge is 2.35. The van der Waals surface area contributed by atoms with Crippen LogP contribution in [0, 0.1) is 11.8 Å². The number of hydrogen-bond donors (Lipinski definition) is 2. The summed E-state index contributed by atoms with van der Waals surface area (Å²) in [6, 6.07) is -0.171. The second-order valence-corrected chi connectivity index (χ2v) is 9.28. The number of hydrogen-bond acceptors (Lipinski definition) is 4. The Morgan fingerprint density at radius 2 is 1.92 bits per heavy atom. The van der Waals surface area contributed by atoms with E-state index in [-0.39, 0.29) is 11.9 Å². The van der Waals surface area contributed by atoms with Gasteiger partial charge in [0.1, 0.15) is 5.00 Å². The van der Waals surface area contributed by atoms with Gasteiger partial charge >= 0.3 is 0 Å². The van der Waals surface area contributed by atoms with Crippen LogP contribution in [0.15, 0.2) is 0 Å². The second-order valence-electron chi connectivity index (χ2n) is 8.18. The van der Waals surface area contributed by atoms with Gasteiger partial charge in [-0.25, -0.2) is 0 Å².